The highest BCUT2D eigenvalue weighted by Crippen LogP contribution is 2.46. The first kappa shape index (κ1) is 20.5. The molecule has 0 radical (unpaired) electrons. The standard InChI is InChI=1S/C24H27N5O3/c1-31-19-14-13-18-20(22(19)32-2)24(30)28(15-16-9-5-3-6-10-16)21(18)23-25-26-27-29(23)17-11-7-4-8-12-17/h3,5-6,9-10,13-14,17,21H,4,7-8,11-12,15H2,1-2H3. The van der Waals surface area contributed by atoms with Crippen LogP contribution in [0.1, 0.15) is 71.5 Å². The van der Waals surface area contributed by atoms with Crippen LogP contribution in [0.15, 0.2) is 42.5 Å². The van der Waals surface area contributed by atoms with Gasteiger partial charge in [-0.05, 0) is 40.5 Å². The summed E-state index contributed by atoms with van der Waals surface area (Å²) < 4.78 is 13.0. The average molecular weight is 434 g/mol. The van der Waals surface area contributed by atoms with Gasteiger partial charge in [0, 0.05) is 6.54 Å². The number of rotatable bonds is 6. The second-order valence-electron chi connectivity index (χ2n) is 8.36. The van der Waals surface area contributed by atoms with Gasteiger partial charge in [0.2, 0.25) is 0 Å². The summed E-state index contributed by atoms with van der Waals surface area (Å²) in [7, 11) is 3.14. The molecule has 8 nitrogen and oxygen atoms in total. The van der Waals surface area contributed by atoms with E-state index in [4.69, 9.17) is 9.47 Å². The largest absolute Gasteiger partial charge is 0.493 e. The molecule has 3 aromatic rings. The SMILES string of the molecule is COc1ccc2c(c1OC)C(=O)N(Cc1ccccc1)C2c1nnnn1C1CCCCC1. The predicted molar refractivity (Wildman–Crippen MR) is 118 cm³/mol. The Kier molecular flexibility index (Phi) is 5.51. The lowest BCUT2D eigenvalue weighted by molar-refractivity contribution is 0.0722. The molecule has 2 aromatic carbocycles. The number of aromatic nitrogens is 4. The summed E-state index contributed by atoms with van der Waals surface area (Å²) in [5.74, 6) is 1.58. The number of tetrazole rings is 1. The molecular weight excluding hydrogens is 406 g/mol. The van der Waals surface area contributed by atoms with Crippen LogP contribution >= 0.6 is 0 Å². The molecule has 2 heterocycles. The minimum Gasteiger partial charge on any atom is -0.493 e. The van der Waals surface area contributed by atoms with Gasteiger partial charge < -0.3 is 14.4 Å². The van der Waals surface area contributed by atoms with Crippen molar-refractivity contribution in [1.29, 1.82) is 0 Å². The molecule has 1 aromatic heterocycles. The van der Waals surface area contributed by atoms with E-state index < -0.39 is 6.04 Å². The Hall–Kier alpha value is -3.42. The molecule has 1 saturated carbocycles. The van der Waals surface area contributed by atoms with Crippen LogP contribution in [0.5, 0.6) is 11.5 Å². The molecule has 5 rings (SSSR count). The summed E-state index contributed by atoms with van der Waals surface area (Å²) in [5.41, 5.74) is 2.41. The van der Waals surface area contributed by atoms with Gasteiger partial charge in [-0.3, -0.25) is 4.79 Å². The van der Waals surface area contributed by atoms with Crippen LogP contribution in [0.2, 0.25) is 0 Å². The van der Waals surface area contributed by atoms with Crippen molar-refractivity contribution < 1.29 is 14.3 Å². The fraction of sp³-hybridized carbons (Fsp3) is 0.417. The molecule has 1 aliphatic heterocycles. The van der Waals surface area contributed by atoms with E-state index in [9.17, 15) is 4.79 Å². The van der Waals surface area contributed by atoms with Crippen LogP contribution in [0.4, 0.5) is 0 Å². The first-order valence-corrected chi connectivity index (χ1v) is 11.1. The lowest BCUT2D eigenvalue weighted by Gasteiger charge is -2.28. The van der Waals surface area contributed by atoms with Gasteiger partial charge in [0.1, 0.15) is 6.04 Å². The third kappa shape index (κ3) is 3.39. The molecule has 1 fully saturated rings. The number of benzene rings is 2. The van der Waals surface area contributed by atoms with Crippen LogP contribution < -0.4 is 9.47 Å². The smallest absolute Gasteiger partial charge is 0.259 e. The van der Waals surface area contributed by atoms with E-state index in [1.165, 1.54) is 19.3 Å². The van der Waals surface area contributed by atoms with Crippen LogP contribution in [-0.4, -0.2) is 45.2 Å². The summed E-state index contributed by atoms with van der Waals surface area (Å²) in [4.78, 5) is 15.6. The number of carbonyl (C=O) groups excluding carboxylic acids is 1. The van der Waals surface area contributed by atoms with Gasteiger partial charge in [0.15, 0.2) is 17.3 Å². The molecule has 166 valence electrons. The maximum absolute atomic E-state index is 13.8. The molecular formula is C24H27N5O3. The van der Waals surface area contributed by atoms with Crippen molar-refractivity contribution in [3.8, 4) is 11.5 Å². The minimum atomic E-state index is -0.394. The molecule has 0 bridgehead atoms. The van der Waals surface area contributed by atoms with E-state index in [0.717, 1.165) is 24.0 Å². The molecule has 1 amide bonds. The van der Waals surface area contributed by atoms with E-state index in [1.54, 1.807) is 14.2 Å². The van der Waals surface area contributed by atoms with Crippen molar-refractivity contribution in [2.75, 3.05) is 14.2 Å². The topological polar surface area (TPSA) is 82.4 Å². The summed E-state index contributed by atoms with van der Waals surface area (Å²) in [5, 5.41) is 12.8. The Morgan fingerprint density at radius 2 is 1.78 bits per heavy atom. The van der Waals surface area contributed by atoms with Crippen molar-refractivity contribution in [3.63, 3.8) is 0 Å². The summed E-state index contributed by atoms with van der Waals surface area (Å²) in [6.07, 6.45) is 5.69. The maximum Gasteiger partial charge on any atom is 0.259 e. The zero-order valence-electron chi connectivity index (χ0n) is 18.4. The van der Waals surface area contributed by atoms with Crippen LogP contribution in [-0.2, 0) is 6.54 Å². The van der Waals surface area contributed by atoms with Crippen molar-refractivity contribution in [3.05, 3.63) is 65.0 Å². The van der Waals surface area contributed by atoms with Crippen molar-refractivity contribution in [2.45, 2.75) is 50.7 Å². The van der Waals surface area contributed by atoms with Crippen molar-refractivity contribution in [1.82, 2.24) is 25.1 Å². The Morgan fingerprint density at radius 1 is 1.00 bits per heavy atom. The zero-order chi connectivity index (χ0) is 22.1. The van der Waals surface area contributed by atoms with Crippen LogP contribution in [0.3, 0.4) is 0 Å². The maximum atomic E-state index is 13.8. The Bertz CT molecular complexity index is 1110. The molecule has 0 spiro atoms. The van der Waals surface area contributed by atoms with Crippen molar-refractivity contribution in [2.24, 2.45) is 0 Å². The number of hydrogen-bond acceptors (Lipinski definition) is 6. The first-order chi connectivity index (χ1) is 15.7. The molecule has 0 saturated heterocycles. The fourth-order valence-corrected chi connectivity index (χ4v) is 5.01. The van der Waals surface area contributed by atoms with Gasteiger partial charge in [0.05, 0.1) is 25.8 Å². The second kappa shape index (κ2) is 8.61. The van der Waals surface area contributed by atoms with E-state index in [0.29, 0.717) is 29.4 Å². The lowest BCUT2D eigenvalue weighted by Crippen LogP contribution is -2.31. The first-order valence-electron chi connectivity index (χ1n) is 11.1. The lowest BCUT2D eigenvalue weighted by atomic mass is 9.95. The Morgan fingerprint density at radius 3 is 2.50 bits per heavy atom. The highest BCUT2D eigenvalue weighted by Gasteiger charge is 2.44. The molecule has 1 atom stereocenters. The number of hydrogen-bond donors (Lipinski definition) is 0. The van der Waals surface area contributed by atoms with Gasteiger partial charge in [0.25, 0.3) is 5.91 Å². The van der Waals surface area contributed by atoms with Gasteiger partial charge in [-0.2, -0.15) is 0 Å². The quantitative estimate of drug-likeness (QED) is 0.586. The summed E-state index contributed by atoms with van der Waals surface area (Å²) >= 11 is 0. The number of amides is 1. The molecule has 8 heteroatoms. The van der Waals surface area contributed by atoms with E-state index in [1.807, 2.05) is 52.0 Å². The van der Waals surface area contributed by atoms with E-state index in [-0.39, 0.29) is 11.9 Å². The third-order valence-electron chi connectivity index (χ3n) is 6.54. The van der Waals surface area contributed by atoms with Crippen LogP contribution in [0.25, 0.3) is 0 Å². The number of methoxy groups -OCH3 is 2. The zero-order valence-corrected chi connectivity index (χ0v) is 18.4. The molecule has 1 unspecified atom stereocenters. The predicted octanol–water partition coefficient (Wildman–Crippen LogP) is 3.94. The molecule has 1 aliphatic carbocycles. The number of carbonyl (C=O) groups is 1. The van der Waals surface area contributed by atoms with Gasteiger partial charge in [-0.1, -0.05) is 55.7 Å². The molecule has 2 aliphatic rings. The summed E-state index contributed by atoms with van der Waals surface area (Å²) in [6, 6.07) is 13.6. The number of ether oxygens (including phenoxy) is 2. The van der Waals surface area contributed by atoms with E-state index >= 15 is 0 Å². The van der Waals surface area contributed by atoms with Crippen molar-refractivity contribution >= 4 is 5.91 Å². The average Bonchev–Trinajstić information content (AvgIpc) is 3.42. The monoisotopic (exact) mass is 433 g/mol. The Balaban J connectivity index is 1.64. The van der Waals surface area contributed by atoms with Gasteiger partial charge >= 0.3 is 0 Å². The van der Waals surface area contributed by atoms with Gasteiger partial charge in [-0.15, -0.1) is 5.10 Å². The number of fused-ring (bicyclic) bond motifs is 1. The Labute approximate surface area is 187 Å². The summed E-state index contributed by atoms with van der Waals surface area (Å²) in [6.45, 7) is 0.446. The minimum absolute atomic E-state index is 0.109. The second-order valence-corrected chi connectivity index (χ2v) is 8.36. The van der Waals surface area contributed by atoms with E-state index in [2.05, 4.69) is 15.5 Å². The third-order valence-corrected chi connectivity index (χ3v) is 6.54. The number of nitrogens with zero attached hydrogens (tertiary/aromatic N) is 5. The fourth-order valence-electron chi connectivity index (χ4n) is 5.01. The molecule has 32 heavy (non-hydrogen) atoms. The highest BCUT2D eigenvalue weighted by atomic mass is 16.5. The normalized spacial score (nSPS) is 18.6. The highest BCUT2D eigenvalue weighted by molar-refractivity contribution is 6.03. The van der Waals surface area contributed by atoms with Gasteiger partial charge in [-0.25, -0.2) is 4.68 Å². The van der Waals surface area contributed by atoms with Crippen LogP contribution in [0, 0.1) is 0 Å². The molecule has 0 N–H and O–H groups in total.